The first-order chi connectivity index (χ1) is 8.86. The van der Waals surface area contributed by atoms with E-state index < -0.39 is 6.04 Å². The Labute approximate surface area is 113 Å². The van der Waals surface area contributed by atoms with Crippen LogP contribution in [0.2, 0.25) is 0 Å². The molecule has 0 heterocycles. The number of hydrogen-bond acceptors (Lipinski definition) is 4. The van der Waals surface area contributed by atoms with E-state index in [-0.39, 0.29) is 11.8 Å². The van der Waals surface area contributed by atoms with Crippen molar-refractivity contribution in [2.45, 2.75) is 13.0 Å². The fraction of sp³-hybridized carbons (Fsp3) is 0.385. The third-order valence-electron chi connectivity index (χ3n) is 2.72. The van der Waals surface area contributed by atoms with Gasteiger partial charge in [-0.1, -0.05) is 0 Å². The molecule has 0 saturated carbocycles. The Morgan fingerprint density at radius 3 is 2.42 bits per heavy atom. The first-order valence-electron chi connectivity index (χ1n) is 5.96. The van der Waals surface area contributed by atoms with Gasteiger partial charge in [0.15, 0.2) is 0 Å². The minimum Gasteiger partial charge on any atom is -0.397 e. The van der Waals surface area contributed by atoms with E-state index in [0.717, 1.165) is 0 Å². The molecule has 0 bridgehead atoms. The van der Waals surface area contributed by atoms with Gasteiger partial charge in [-0.2, -0.15) is 0 Å². The molecule has 0 aromatic heterocycles. The number of carbonyl (C=O) groups excluding carboxylic acids is 2. The van der Waals surface area contributed by atoms with Crippen molar-refractivity contribution in [1.82, 2.24) is 10.2 Å². The lowest BCUT2D eigenvalue weighted by molar-refractivity contribution is -0.121. The standard InChI is InChI=1S/C13H20N4O2/c1-8(12(18)15-2)16-11-6-5-9(7-10(11)14)13(19)17(3)4/h5-8,16H,14H2,1-4H3,(H,15,18). The van der Waals surface area contributed by atoms with Gasteiger partial charge in [-0.05, 0) is 25.1 Å². The Hall–Kier alpha value is -2.24. The molecule has 1 unspecified atom stereocenters. The molecule has 104 valence electrons. The summed E-state index contributed by atoms with van der Waals surface area (Å²) in [7, 11) is 4.93. The second kappa shape index (κ2) is 6.08. The highest BCUT2D eigenvalue weighted by Gasteiger charge is 2.14. The van der Waals surface area contributed by atoms with Crippen molar-refractivity contribution in [1.29, 1.82) is 0 Å². The topological polar surface area (TPSA) is 87.5 Å². The molecule has 0 aliphatic heterocycles. The number of carbonyl (C=O) groups is 2. The van der Waals surface area contributed by atoms with Crippen LogP contribution in [-0.4, -0.2) is 43.9 Å². The molecule has 1 aromatic rings. The van der Waals surface area contributed by atoms with Gasteiger partial charge >= 0.3 is 0 Å². The number of hydrogen-bond donors (Lipinski definition) is 3. The van der Waals surface area contributed by atoms with Crippen LogP contribution in [0, 0.1) is 0 Å². The minimum absolute atomic E-state index is 0.113. The molecular formula is C13H20N4O2. The highest BCUT2D eigenvalue weighted by atomic mass is 16.2. The molecule has 0 fully saturated rings. The maximum Gasteiger partial charge on any atom is 0.253 e. The Balaban J connectivity index is 2.89. The van der Waals surface area contributed by atoms with Crippen molar-refractivity contribution in [3.63, 3.8) is 0 Å². The van der Waals surface area contributed by atoms with E-state index >= 15 is 0 Å². The van der Waals surface area contributed by atoms with E-state index in [1.165, 1.54) is 4.90 Å². The van der Waals surface area contributed by atoms with Gasteiger partial charge < -0.3 is 21.3 Å². The lowest BCUT2D eigenvalue weighted by Crippen LogP contribution is -2.35. The van der Waals surface area contributed by atoms with E-state index in [1.54, 1.807) is 46.3 Å². The first kappa shape index (κ1) is 14.8. The third-order valence-corrected chi connectivity index (χ3v) is 2.72. The summed E-state index contributed by atoms with van der Waals surface area (Å²) in [5, 5.41) is 5.54. The molecule has 6 heteroatoms. The van der Waals surface area contributed by atoms with Crippen molar-refractivity contribution >= 4 is 23.2 Å². The highest BCUT2D eigenvalue weighted by molar-refractivity contribution is 5.96. The zero-order chi connectivity index (χ0) is 14.6. The molecular weight excluding hydrogens is 244 g/mol. The second-order valence-electron chi connectivity index (χ2n) is 4.48. The number of amides is 2. The van der Waals surface area contributed by atoms with Crippen LogP contribution in [0.5, 0.6) is 0 Å². The van der Waals surface area contributed by atoms with E-state index in [1.807, 2.05) is 0 Å². The Bertz CT molecular complexity index is 486. The smallest absolute Gasteiger partial charge is 0.253 e. The summed E-state index contributed by atoms with van der Waals surface area (Å²) in [6, 6.07) is 4.58. The number of nitrogen functional groups attached to an aromatic ring is 1. The predicted molar refractivity (Wildman–Crippen MR) is 76.0 cm³/mol. The number of benzene rings is 1. The Kier molecular flexibility index (Phi) is 4.74. The van der Waals surface area contributed by atoms with Gasteiger partial charge in [0.2, 0.25) is 5.91 Å². The summed E-state index contributed by atoms with van der Waals surface area (Å²) < 4.78 is 0. The number of rotatable bonds is 4. The molecule has 4 N–H and O–H groups in total. The van der Waals surface area contributed by atoms with Crippen LogP contribution in [-0.2, 0) is 4.79 Å². The van der Waals surface area contributed by atoms with Crippen LogP contribution in [0.3, 0.4) is 0 Å². The van der Waals surface area contributed by atoms with Crippen LogP contribution in [0.1, 0.15) is 17.3 Å². The summed E-state index contributed by atoms with van der Waals surface area (Å²) in [4.78, 5) is 24.7. The van der Waals surface area contributed by atoms with Crippen LogP contribution in [0.25, 0.3) is 0 Å². The van der Waals surface area contributed by atoms with Crippen molar-refractivity contribution in [2.24, 2.45) is 0 Å². The molecule has 0 radical (unpaired) electrons. The molecule has 2 amide bonds. The maximum atomic E-state index is 11.8. The summed E-state index contributed by atoms with van der Waals surface area (Å²) >= 11 is 0. The monoisotopic (exact) mass is 264 g/mol. The van der Waals surface area contributed by atoms with E-state index in [9.17, 15) is 9.59 Å². The van der Waals surface area contributed by atoms with Crippen molar-refractivity contribution < 1.29 is 9.59 Å². The first-order valence-corrected chi connectivity index (χ1v) is 5.96. The molecule has 0 aliphatic carbocycles. The van der Waals surface area contributed by atoms with Gasteiger partial charge in [-0.25, -0.2) is 0 Å². The number of likely N-dealkylation sites (N-methyl/N-ethyl adjacent to an activating group) is 1. The zero-order valence-corrected chi connectivity index (χ0v) is 11.7. The van der Waals surface area contributed by atoms with Gasteiger partial charge in [-0.3, -0.25) is 9.59 Å². The largest absolute Gasteiger partial charge is 0.397 e. The predicted octanol–water partition coefficient (Wildman–Crippen LogP) is 0.517. The average Bonchev–Trinajstić information content (AvgIpc) is 2.38. The number of anilines is 2. The maximum absolute atomic E-state index is 11.8. The van der Waals surface area contributed by atoms with Crippen LogP contribution < -0.4 is 16.4 Å². The van der Waals surface area contributed by atoms with Gasteiger partial charge in [0.25, 0.3) is 5.91 Å². The molecule has 1 aromatic carbocycles. The van der Waals surface area contributed by atoms with Gasteiger partial charge in [0, 0.05) is 26.7 Å². The van der Waals surface area contributed by atoms with Crippen LogP contribution in [0.4, 0.5) is 11.4 Å². The summed E-state index contributed by atoms with van der Waals surface area (Å²) in [5.41, 5.74) is 7.46. The number of nitrogens with one attached hydrogen (secondary N) is 2. The van der Waals surface area contributed by atoms with E-state index in [0.29, 0.717) is 16.9 Å². The zero-order valence-electron chi connectivity index (χ0n) is 11.7. The Morgan fingerprint density at radius 1 is 1.32 bits per heavy atom. The average molecular weight is 264 g/mol. The molecule has 1 rings (SSSR count). The second-order valence-corrected chi connectivity index (χ2v) is 4.48. The SMILES string of the molecule is CNC(=O)C(C)Nc1ccc(C(=O)N(C)C)cc1N. The number of nitrogens with zero attached hydrogens (tertiary/aromatic N) is 1. The van der Waals surface area contributed by atoms with Crippen molar-refractivity contribution in [3.8, 4) is 0 Å². The van der Waals surface area contributed by atoms with Gasteiger partial charge in [0.05, 0.1) is 11.4 Å². The summed E-state index contributed by atoms with van der Waals surface area (Å²) in [6.45, 7) is 1.73. The quantitative estimate of drug-likeness (QED) is 0.692. The third kappa shape index (κ3) is 3.61. The van der Waals surface area contributed by atoms with E-state index in [2.05, 4.69) is 10.6 Å². The molecule has 6 nitrogen and oxygen atoms in total. The minimum atomic E-state index is -0.400. The summed E-state index contributed by atoms with van der Waals surface area (Å²) in [5.74, 6) is -0.245. The number of nitrogens with two attached hydrogens (primary N) is 1. The highest BCUT2D eigenvalue weighted by Crippen LogP contribution is 2.21. The van der Waals surface area contributed by atoms with Crippen LogP contribution >= 0.6 is 0 Å². The lowest BCUT2D eigenvalue weighted by Gasteiger charge is -2.17. The van der Waals surface area contributed by atoms with Crippen molar-refractivity contribution in [3.05, 3.63) is 23.8 Å². The van der Waals surface area contributed by atoms with Gasteiger partial charge in [0.1, 0.15) is 6.04 Å². The fourth-order valence-corrected chi connectivity index (χ4v) is 1.60. The summed E-state index contributed by atoms with van der Waals surface area (Å²) in [6.07, 6.45) is 0. The van der Waals surface area contributed by atoms with Gasteiger partial charge in [-0.15, -0.1) is 0 Å². The normalized spacial score (nSPS) is 11.6. The Morgan fingerprint density at radius 2 is 1.95 bits per heavy atom. The lowest BCUT2D eigenvalue weighted by atomic mass is 10.1. The molecule has 0 spiro atoms. The molecule has 19 heavy (non-hydrogen) atoms. The molecule has 0 saturated heterocycles. The molecule has 0 aliphatic rings. The fourth-order valence-electron chi connectivity index (χ4n) is 1.60. The van der Waals surface area contributed by atoms with Crippen LogP contribution in [0.15, 0.2) is 18.2 Å². The van der Waals surface area contributed by atoms with Crippen molar-refractivity contribution in [2.75, 3.05) is 32.2 Å². The van der Waals surface area contributed by atoms with E-state index in [4.69, 9.17) is 5.73 Å². The molecule has 1 atom stereocenters.